The summed E-state index contributed by atoms with van der Waals surface area (Å²) in [5, 5.41) is 0. The van der Waals surface area contributed by atoms with Crippen LogP contribution in [0.25, 0.3) is 11.0 Å². The molecule has 0 fully saturated rings. The number of aromatic nitrogens is 2. The predicted octanol–water partition coefficient (Wildman–Crippen LogP) is 4.50. The fraction of sp³-hybridized carbons (Fsp3) is 0.562. The molecule has 21 heavy (non-hydrogen) atoms. The molecule has 116 valence electrons. The first-order chi connectivity index (χ1) is 9.99. The number of nitrogen functional groups attached to an aromatic ring is 1. The van der Waals surface area contributed by atoms with Gasteiger partial charge in [-0.25, -0.2) is 13.8 Å². The highest BCUT2D eigenvalue weighted by Crippen LogP contribution is 2.23. The highest BCUT2D eigenvalue weighted by Gasteiger charge is 2.13. The minimum atomic E-state index is -0.660. The van der Waals surface area contributed by atoms with Gasteiger partial charge in [-0.1, -0.05) is 39.5 Å². The minimum absolute atomic E-state index is 0.147. The van der Waals surface area contributed by atoms with Crippen molar-refractivity contribution in [1.82, 2.24) is 9.55 Å². The number of benzene rings is 1. The highest BCUT2D eigenvalue weighted by atomic mass is 19.1. The van der Waals surface area contributed by atoms with Crippen LogP contribution in [-0.4, -0.2) is 9.55 Å². The number of fused-ring (bicyclic) bond motifs is 1. The fourth-order valence-electron chi connectivity index (χ4n) is 2.58. The molecule has 0 aliphatic heterocycles. The maximum atomic E-state index is 13.6. The van der Waals surface area contributed by atoms with Gasteiger partial charge in [-0.3, -0.25) is 0 Å². The number of hydrogen-bond donors (Lipinski definition) is 1. The van der Waals surface area contributed by atoms with Gasteiger partial charge >= 0.3 is 0 Å². The van der Waals surface area contributed by atoms with Crippen LogP contribution in [0.2, 0.25) is 0 Å². The van der Waals surface area contributed by atoms with Crippen molar-refractivity contribution in [2.75, 3.05) is 5.73 Å². The van der Waals surface area contributed by atoms with Crippen LogP contribution < -0.4 is 5.73 Å². The number of imidazole rings is 1. The van der Waals surface area contributed by atoms with E-state index in [0.717, 1.165) is 24.8 Å². The summed E-state index contributed by atoms with van der Waals surface area (Å²) in [5.41, 5.74) is 6.40. The Balaban J connectivity index is 1.97. The summed E-state index contributed by atoms with van der Waals surface area (Å²) in [6, 6.07) is 2.13. The van der Waals surface area contributed by atoms with Crippen molar-refractivity contribution < 1.29 is 8.78 Å². The average molecular weight is 295 g/mol. The van der Waals surface area contributed by atoms with Gasteiger partial charge in [-0.05, 0) is 12.3 Å². The summed E-state index contributed by atoms with van der Waals surface area (Å²) in [5.74, 6) is -0.272. The molecule has 0 saturated heterocycles. The Morgan fingerprint density at radius 1 is 1.14 bits per heavy atom. The van der Waals surface area contributed by atoms with Crippen LogP contribution >= 0.6 is 0 Å². The lowest BCUT2D eigenvalue weighted by Crippen LogP contribution is -2.03. The first-order valence-corrected chi connectivity index (χ1v) is 7.59. The number of aryl methyl sites for hydroxylation is 1. The van der Waals surface area contributed by atoms with Crippen LogP contribution in [0.1, 0.15) is 46.0 Å². The SMILES string of the molecule is CC(C)CCCCCCn1c(N)nc2c(F)cc(F)cc21. The third kappa shape index (κ3) is 3.93. The van der Waals surface area contributed by atoms with Crippen LogP contribution in [0.4, 0.5) is 14.7 Å². The maximum Gasteiger partial charge on any atom is 0.201 e. The molecule has 0 aliphatic rings. The first kappa shape index (κ1) is 15.7. The molecule has 2 rings (SSSR count). The van der Waals surface area contributed by atoms with E-state index in [4.69, 9.17) is 5.73 Å². The molecule has 0 atom stereocenters. The molecule has 0 saturated carbocycles. The lowest BCUT2D eigenvalue weighted by atomic mass is 10.0. The third-order valence-corrected chi connectivity index (χ3v) is 3.71. The van der Waals surface area contributed by atoms with Gasteiger partial charge in [0.25, 0.3) is 0 Å². The molecule has 0 spiro atoms. The third-order valence-electron chi connectivity index (χ3n) is 3.71. The van der Waals surface area contributed by atoms with Crippen LogP contribution in [0.5, 0.6) is 0 Å². The number of nitrogens with zero attached hydrogens (tertiary/aromatic N) is 2. The van der Waals surface area contributed by atoms with E-state index in [1.165, 1.54) is 25.3 Å². The zero-order chi connectivity index (χ0) is 15.4. The van der Waals surface area contributed by atoms with Crippen molar-refractivity contribution in [3.63, 3.8) is 0 Å². The number of hydrogen-bond acceptors (Lipinski definition) is 2. The van der Waals surface area contributed by atoms with Gasteiger partial charge in [-0.2, -0.15) is 0 Å². The van der Waals surface area contributed by atoms with E-state index in [1.54, 1.807) is 4.57 Å². The quantitative estimate of drug-likeness (QED) is 0.764. The molecule has 1 heterocycles. The van der Waals surface area contributed by atoms with Crippen LogP contribution in [0, 0.1) is 17.6 Å². The van der Waals surface area contributed by atoms with Crippen LogP contribution in [-0.2, 0) is 6.54 Å². The monoisotopic (exact) mass is 295 g/mol. The van der Waals surface area contributed by atoms with Gasteiger partial charge in [0.1, 0.15) is 11.3 Å². The first-order valence-electron chi connectivity index (χ1n) is 7.59. The van der Waals surface area contributed by atoms with E-state index in [1.807, 2.05) is 0 Å². The number of anilines is 1. The molecule has 3 nitrogen and oxygen atoms in total. The Bertz CT molecular complexity index is 605. The van der Waals surface area contributed by atoms with Crippen molar-refractivity contribution in [1.29, 1.82) is 0 Å². The second-order valence-corrected chi connectivity index (χ2v) is 5.97. The van der Waals surface area contributed by atoms with Crippen molar-refractivity contribution in [3.8, 4) is 0 Å². The van der Waals surface area contributed by atoms with E-state index >= 15 is 0 Å². The highest BCUT2D eigenvalue weighted by molar-refractivity contribution is 5.79. The molecule has 5 heteroatoms. The number of unbranched alkanes of at least 4 members (excludes halogenated alkanes) is 3. The van der Waals surface area contributed by atoms with Gasteiger partial charge in [0, 0.05) is 18.7 Å². The van der Waals surface area contributed by atoms with Gasteiger partial charge in [0.2, 0.25) is 5.95 Å². The molecule has 0 unspecified atom stereocenters. The van der Waals surface area contributed by atoms with E-state index in [2.05, 4.69) is 18.8 Å². The normalized spacial score (nSPS) is 11.7. The zero-order valence-corrected chi connectivity index (χ0v) is 12.7. The van der Waals surface area contributed by atoms with E-state index in [-0.39, 0.29) is 11.5 Å². The molecular weight excluding hydrogens is 272 g/mol. The molecule has 0 bridgehead atoms. The van der Waals surface area contributed by atoms with E-state index < -0.39 is 11.6 Å². The Morgan fingerprint density at radius 2 is 1.86 bits per heavy atom. The van der Waals surface area contributed by atoms with Gasteiger partial charge in [0.15, 0.2) is 5.82 Å². The Hall–Kier alpha value is -1.65. The lowest BCUT2D eigenvalue weighted by molar-refractivity contribution is 0.508. The van der Waals surface area contributed by atoms with Gasteiger partial charge < -0.3 is 10.3 Å². The Morgan fingerprint density at radius 3 is 2.57 bits per heavy atom. The summed E-state index contributed by atoms with van der Waals surface area (Å²) in [7, 11) is 0. The second kappa shape index (κ2) is 6.87. The molecule has 1 aromatic heterocycles. The molecular formula is C16H23F2N3. The fourth-order valence-corrected chi connectivity index (χ4v) is 2.58. The molecule has 2 aromatic rings. The standard InChI is InChI=1S/C16H23F2N3/c1-11(2)7-5-3-4-6-8-21-14-10-12(17)9-13(18)15(14)20-16(21)19/h9-11H,3-8H2,1-2H3,(H2,19,20). The Labute approximate surface area is 124 Å². The summed E-state index contributed by atoms with van der Waals surface area (Å²) in [6.45, 7) is 5.09. The molecule has 1 aromatic carbocycles. The summed E-state index contributed by atoms with van der Waals surface area (Å²) in [6.07, 6.45) is 5.66. The molecule has 0 amide bonds. The number of rotatable bonds is 7. The molecule has 0 aliphatic carbocycles. The summed E-state index contributed by atoms with van der Waals surface area (Å²) in [4.78, 5) is 3.99. The van der Waals surface area contributed by atoms with Gasteiger partial charge in [0.05, 0.1) is 5.52 Å². The largest absolute Gasteiger partial charge is 0.369 e. The second-order valence-electron chi connectivity index (χ2n) is 5.97. The van der Waals surface area contributed by atoms with E-state index in [0.29, 0.717) is 12.1 Å². The average Bonchev–Trinajstić information content (AvgIpc) is 2.70. The topological polar surface area (TPSA) is 43.8 Å². The zero-order valence-electron chi connectivity index (χ0n) is 12.7. The van der Waals surface area contributed by atoms with Crippen molar-refractivity contribution >= 4 is 17.0 Å². The van der Waals surface area contributed by atoms with Crippen LogP contribution in [0.3, 0.4) is 0 Å². The predicted molar refractivity (Wildman–Crippen MR) is 82.0 cm³/mol. The number of nitrogens with two attached hydrogens (primary N) is 1. The Kier molecular flexibility index (Phi) is 5.15. The maximum absolute atomic E-state index is 13.6. The van der Waals surface area contributed by atoms with Crippen LogP contribution in [0.15, 0.2) is 12.1 Å². The van der Waals surface area contributed by atoms with Crippen molar-refractivity contribution in [3.05, 3.63) is 23.8 Å². The van der Waals surface area contributed by atoms with Gasteiger partial charge in [-0.15, -0.1) is 0 Å². The summed E-state index contributed by atoms with van der Waals surface area (Å²) < 4.78 is 28.7. The molecule has 0 radical (unpaired) electrons. The smallest absolute Gasteiger partial charge is 0.201 e. The molecule has 2 N–H and O–H groups in total. The minimum Gasteiger partial charge on any atom is -0.369 e. The van der Waals surface area contributed by atoms with Crippen molar-refractivity contribution in [2.45, 2.75) is 52.5 Å². The number of halogens is 2. The van der Waals surface area contributed by atoms with Crippen molar-refractivity contribution in [2.24, 2.45) is 5.92 Å². The summed E-state index contributed by atoms with van der Waals surface area (Å²) >= 11 is 0. The lowest BCUT2D eigenvalue weighted by Gasteiger charge is -2.07. The van der Waals surface area contributed by atoms with E-state index in [9.17, 15) is 8.78 Å².